The molecular weight excluding hydrogens is 282 g/mol. The predicted octanol–water partition coefficient (Wildman–Crippen LogP) is 3.01. The van der Waals surface area contributed by atoms with Gasteiger partial charge in [0, 0.05) is 12.0 Å². The smallest absolute Gasteiger partial charge is 0.220 e. The molecule has 2 rings (SSSR count). The maximum atomic E-state index is 12.0. The van der Waals surface area contributed by atoms with Crippen LogP contribution in [0.4, 0.5) is 0 Å². The van der Waals surface area contributed by atoms with Crippen molar-refractivity contribution in [1.82, 2.24) is 5.32 Å². The number of ether oxygens (including phenoxy) is 3. The van der Waals surface area contributed by atoms with E-state index in [2.05, 4.69) is 12.2 Å². The number of aryl methyl sites for hydroxylation is 1. The van der Waals surface area contributed by atoms with Crippen LogP contribution in [0.1, 0.15) is 49.8 Å². The van der Waals surface area contributed by atoms with Crippen molar-refractivity contribution in [2.75, 3.05) is 21.3 Å². The number of nitrogens with one attached hydrogen (secondary N) is 1. The average molecular weight is 307 g/mol. The van der Waals surface area contributed by atoms with Crippen LogP contribution in [0.2, 0.25) is 0 Å². The lowest BCUT2D eigenvalue weighted by Gasteiger charge is -2.24. The van der Waals surface area contributed by atoms with Crippen LogP contribution < -0.4 is 19.5 Å². The van der Waals surface area contributed by atoms with Crippen molar-refractivity contribution >= 4 is 5.91 Å². The molecule has 0 saturated carbocycles. The zero-order valence-electron chi connectivity index (χ0n) is 13.8. The van der Waals surface area contributed by atoms with Gasteiger partial charge >= 0.3 is 0 Å². The van der Waals surface area contributed by atoms with Crippen LogP contribution in [-0.2, 0) is 11.2 Å². The van der Waals surface area contributed by atoms with Crippen LogP contribution in [0.3, 0.4) is 0 Å². The maximum Gasteiger partial charge on any atom is 0.220 e. The molecule has 1 atom stereocenters. The van der Waals surface area contributed by atoms with Gasteiger partial charge in [-0.25, -0.2) is 0 Å². The van der Waals surface area contributed by atoms with Gasteiger partial charge in [-0.3, -0.25) is 4.79 Å². The number of methoxy groups -OCH3 is 3. The lowest BCUT2D eigenvalue weighted by atomic mass is 9.93. The first-order valence-electron chi connectivity index (χ1n) is 7.77. The van der Waals surface area contributed by atoms with Crippen LogP contribution in [0.5, 0.6) is 17.2 Å². The first-order valence-corrected chi connectivity index (χ1v) is 7.77. The molecular formula is C17H25NO4. The largest absolute Gasteiger partial charge is 0.493 e. The summed E-state index contributed by atoms with van der Waals surface area (Å²) in [6.07, 6.45) is 4.18. The monoisotopic (exact) mass is 307 g/mol. The minimum Gasteiger partial charge on any atom is -0.493 e. The maximum absolute atomic E-state index is 12.0. The second-order valence-electron chi connectivity index (χ2n) is 5.48. The third kappa shape index (κ3) is 3.13. The second-order valence-corrected chi connectivity index (χ2v) is 5.48. The molecule has 0 aliphatic carbocycles. The summed E-state index contributed by atoms with van der Waals surface area (Å²) >= 11 is 0. The van der Waals surface area contributed by atoms with Crippen molar-refractivity contribution in [2.45, 2.75) is 45.1 Å². The van der Waals surface area contributed by atoms with E-state index in [1.165, 1.54) is 0 Å². The molecule has 122 valence electrons. The molecule has 5 nitrogen and oxygen atoms in total. The Morgan fingerprint density at radius 2 is 1.86 bits per heavy atom. The molecule has 0 aromatic heterocycles. The summed E-state index contributed by atoms with van der Waals surface area (Å²) in [6.45, 7) is 2.14. The van der Waals surface area contributed by atoms with E-state index in [1.807, 2.05) is 6.07 Å². The molecule has 1 N–H and O–H groups in total. The van der Waals surface area contributed by atoms with Gasteiger partial charge in [-0.1, -0.05) is 19.8 Å². The van der Waals surface area contributed by atoms with Gasteiger partial charge in [0.1, 0.15) is 0 Å². The molecule has 0 radical (unpaired) electrons. The molecule has 0 fully saturated rings. The fourth-order valence-corrected chi connectivity index (χ4v) is 3.03. The number of hydrogen-bond acceptors (Lipinski definition) is 4. The molecule has 0 unspecified atom stereocenters. The lowest BCUT2D eigenvalue weighted by Crippen LogP contribution is -2.27. The first-order chi connectivity index (χ1) is 10.7. The molecule has 1 aliphatic heterocycles. The van der Waals surface area contributed by atoms with Gasteiger partial charge in [0.25, 0.3) is 0 Å². The highest BCUT2D eigenvalue weighted by molar-refractivity contribution is 5.78. The molecule has 0 saturated heterocycles. The highest BCUT2D eigenvalue weighted by atomic mass is 16.5. The standard InChI is InChI=1S/C17H25NO4/c1-5-6-7-12-15-11(8-9-14(19)18-12)10-13(20-2)16(21-3)17(15)22-4/h10,12H,5-9H2,1-4H3,(H,18,19)/t12-/m1/s1. The zero-order chi connectivity index (χ0) is 16.1. The minimum atomic E-state index is -0.0419. The number of fused-ring (bicyclic) bond motifs is 1. The Hall–Kier alpha value is -1.91. The summed E-state index contributed by atoms with van der Waals surface area (Å²) in [5, 5.41) is 3.12. The Bertz CT molecular complexity index is 542. The fourth-order valence-electron chi connectivity index (χ4n) is 3.03. The van der Waals surface area contributed by atoms with Gasteiger partial charge in [0.2, 0.25) is 11.7 Å². The summed E-state index contributed by atoms with van der Waals surface area (Å²) in [7, 11) is 4.84. The Balaban J connectivity index is 2.58. The van der Waals surface area contributed by atoms with E-state index >= 15 is 0 Å². The van der Waals surface area contributed by atoms with Crippen molar-refractivity contribution in [3.8, 4) is 17.2 Å². The number of rotatable bonds is 6. The Morgan fingerprint density at radius 1 is 1.14 bits per heavy atom. The molecule has 0 bridgehead atoms. The fraction of sp³-hybridized carbons (Fsp3) is 0.588. The predicted molar refractivity (Wildman–Crippen MR) is 84.8 cm³/mol. The van der Waals surface area contributed by atoms with Crippen molar-refractivity contribution in [3.63, 3.8) is 0 Å². The Labute approximate surface area is 131 Å². The first kappa shape index (κ1) is 16.5. The SMILES string of the molecule is CCCC[C@H]1NC(=O)CCc2cc(OC)c(OC)c(OC)c21. The van der Waals surface area contributed by atoms with Crippen molar-refractivity contribution < 1.29 is 19.0 Å². The minimum absolute atomic E-state index is 0.0419. The molecule has 1 aromatic rings. The van der Waals surface area contributed by atoms with Gasteiger partial charge < -0.3 is 19.5 Å². The lowest BCUT2D eigenvalue weighted by molar-refractivity contribution is -0.121. The molecule has 1 aliphatic rings. The molecule has 1 amide bonds. The summed E-state index contributed by atoms with van der Waals surface area (Å²) < 4.78 is 16.5. The normalized spacial score (nSPS) is 17.3. The highest BCUT2D eigenvalue weighted by Gasteiger charge is 2.29. The van der Waals surface area contributed by atoms with E-state index in [9.17, 15) is 4.79 Å². The van der Waals surface area contributed by atoms with E-state index < -0.39 is 0 Å². The van der Waals surface area contributed by atoms with Crippen LogP contribution in [-0.4, -0.2) is 27.2 Å². The van der Waals surface area contributed by atoms with Gasteiger partial charge in [-0.05, 0) is 24.5 Å². The summed E-state index contributed by atoms with van der Waals surface area (Å²) in [4.78, 5) is 12.0. The highest BCUT2D eigenvalue weighted by Crippen LogP contribution is 2.46. The third-order valence-corrected chi connectivity index (χ3v) is 4.11. The van der Waals surface area contributed by atoms with Crippen LogP contribution in [0.25, 0.3) is 0 Å². The van der Waals surface area contributed by atoms with Gasteiger partial charge in [-0.2, -0.15) is 0 Å². The number of carbonyl (C=O) groups excluding carboxylic acids is 1. The number of carbonyl (C=O) groups is 1. The molecule has 1 heterocycles. The van der Waals surface area contributed by atoms with E-state index in [-0.39, 0.29) is 11.9 Å². The van der Waals surface area contributed by atoms with Crippen LogP contribution >= 0.6 is 0 Å². The molecule has 5 heteroatoms. The van der Waals surface area contributed by atoms with Crippen LogP contribution in [0.15, 0.2) is 6.07 Å². The molecule has 1 aromatic carbocycles. The topological polar surface area (TPSA) is 56.8 Å². The van der Waals surface area contributed by atoms with E-state index in [4.69, 9.17) is 14.2 Å². The second kappa shape index (κ2) is 7.38. The van der Waals surface area contributed by atoms with Crippen molar-refractivity contribution in [1.29, 1.82) is 0 Å². The number of amides is 1. The summed E-state index contributed by atoms with van der Waals surface area (Å²) in [6, 6.07) is 1.93. The number of hydrogen-bond donors (Lipinski definition) is 1. The molecule has 0 spiro atoms. The van der Waals surface area contributed by atoms with E-state index in [0.29, 0.717) is 30.1 Å². The van der Waals surface area contributed by atoms with Crippen molar-refractivity contribution in [3.05, 3.63) is 17.2 Å². The van der Waals surface area contributed by atoms with Gasteiger partial charge in [-0.15, -0.1) is 0 Å². The average Bonchev–Trinajstić information content (AvgIpc) is 2.69. The Morgan fingerprint density at radius 3 is 2.45 bits per heavy atom. The summed E-state index contributed by atoms with van der Waals surface area (Å²) in [5.41, 5.74) is 2.12. The van der Waals surface area contributed by atoms with Crippen molar-refractivity contribution in [2.24, 2.45) is 0 Å². The Kier molecular flexibility index (Phi) is 5.52. The van der Waals surface area contributed by atoms with Gasteiger partial charge in [0.05, 0.1) is 27.4 Å². The molecule has 22 heavy (non-hydrogen) atoms. The quantitative estimate of drug-likeness (QED) is 0.878. The summed E-state index contributed by atoms with van der Waals surface area (Å²) in [5.74, 6) is 1.97. The van der Waals surface area contributed by atoms with E-state index in [1.54, 1.807) is 21.3 Å². The van der Waals surface area contributed by atoms with E-state index in [0.717, 1.165) is 30.4 Å². The third-order valence-electron chi connectivity index (χ3n) is 4.11. The number of unbranched alkanes of at least 4 members (excludes halogenated alkanes) is 1. The van der Waals surface area contributed by atoms with Crippen LogP contribution in [0, 0.1) is 0 Å². The van der Waals surface area contributed by atoms with Gasteiger partial charge in [0.15, 0.2) is 11.5 Å². The number of benzene rings is 1. The zero-order valence-corrected chi connectivity index (χ0v) is 13.8.